The molecule has 0 spiro atoms. The molecule has 0 aliphatic heterocycles. The third kappa shape index (κ3) is 2.79. The molecule has 0 unspecified atom stereocenters. The van der Waals surface area contributed by atoms with E-state index in [1.54, 1.807) is 0 Å². The summed E-state index contributed by atoms with van der Waals surface area (Å²) in [6.45, 7) is 4.94. The van der Waals surface area contributed by atoms with Crippen LogP contribution in [0, 0.1) is 0 Å². The van der Waals surface area contributed by atoms with E-state index in [4.69, 9.17) is 20.9 Å². The second-order valence-corrected chi connectivity index (χ2v) is 4.35. The standard InChI is InChI=1S/C16H20N2O2/c1-3-19-15-13(11-5-7-12(17)8-6-11)9-10-14(18)16(15)20-4-2/h5-10H,3-4,17-18H2,1-2H3. The van der Waals surface area contributed by atoms with Crippen LogP contribution in [-0.4, -0.2) is 13.2 Å². The molecule has 0 amide bonds. The Hall–Kier alpha value is -2.36. The molecule has 20 heavy (non-hydrogen) atoms. The van der Waals surface area contributed by atoms with Crippen molar-refractivity contribution in [3.05, 3.63) is 36.4 Å². The van der Waals surface area contributed by atoms with Crippen LogP contribution in [0.5, 0.6) is 11.5 Å². The molecule has 4 nitrogen and oxygen atoms in total. The van der Waals surface area contributed by atoms with Crippen molar-refractivity contribution in [2.75, 3.05) is 24.7 Å². The number of rotatable bonds is 5. The Morgan fingerprint density at radius 2 is 1.40 bits per heavy atom. The van der Waals surface area contributed by atoms with Crippen molar-refractivity contribution in [3.63, 3.8) is 0 Å². The van der Waals surface area contributed by atoms with Crippen LogP contribution in [0.4, 0.5) is 11.4 Å². The smallest absolute Gasteiger partial charge is 0.184 e. The Kier molecular flexibility index (Phi) is 4.35. The number of ether oxygens (including phenoxy) is 2. The maximum absolute atomic E-state index is 5.98. The molecule has 2 aromatic rings. The second kappa shape index (κ2) is 6.19. The molecule has 0 fully saturated rings. The fourth-order valence-electron chi connectivity index (χ4n) is 2.05. The number of benzene rings is 2. The van der Waals surface area contributed by atoms with Gasteiger partial charge in [-0.3, -0.25) is 0 Å². The van der Waals surface area contributed by atoms with Gasteiger partial charge in [0.05, 0.1) is 18.9 Å². The SMILES string of the molecule is CCOc1c(N)ccc(-c2ccc(N)cc2)c1OCC. The normalized spacial score (nSPS) is 10.3. The largest absolute Gasteiger partial charge is 0.489 e. The summed E-state index contributed by atoms with van der Waals surface area (Å²) < 4.78 is 11.4. The number of nitrogen functional groups attached to an aromatic ring is 2. The van der Waals surface area contributed by atoms with E-state index in [1.165, 1.54) is 0 Å². The summed E-state index contributed by atoms with van der Waals surface area (Å²) in [5, 5.41) is 0. The van der Waals surface area contributed by atoms with Crippen LogP contribution >= 0.6 is 0 Å². The molecule has 0 aliphatic rings. The predicted molar refractivity (Wildman–Crippen MR) is 83.0 cm³/mol. The summed E-state index contributed by atoms with van der Waals surface area (Å²) in [6, 6.07) is 11.4. The molecule has 0 aliphatic carbocycles. The van der Waals surface area contributed by atoms with Gasteiger partial charge >= 0.3 is 0 Å². The van der Waals surface area contributed by atoms with Gasteiger partial charge < -0.3 is 20.9 Å². The summed E-state index contributed by atoms with van der Waals surface area (Å²) >= 11 is 0. The van der Waals surface area contributed by atoms with Gasteiger partial charge in [-0.15, -0.1) is 0 Å². The number of hydrogen-bond acceptors (Lipinski definition) is 4. The third-order valence-corrected chi connectivity index (χ3v) is 2.94. The average Bonchev–Trinajstić information content (AvgIpc) is 2.44. The van der Waals surface area contributed by atoms with Gasteiger partial charge in [0.2, 0.25) is 0 Å². The van der Waals surface area contributed by atoms with Crippen molar-refractivity contribution in [2.45, 2.75) is 13.8 Å². The van der Waals surface area contributed by atoms with E-state index < -0.39 is 0 Å². The van der Waals surface area contributed by atoms with Gasteiger partial charge in [-0.2, -0.15) is 0 Å². The summed E-state index contributed by atoms with van der Waals surface area (Å²) in [4.78, 5) is 0. The van der Waals surface area contributed by atoms with Gasteiger partial charge in [0.1, 0.15) is 0 Å². The van der Waals surface area contributed by atoms with Gasteiger partial charge in [0.25, 0.3) is 0 Å². The van der Waals surface area contributed by atoms with Crippen LogP contribution in [-0.2, 0) is 0 Å². The van der Waals surface area contributed by atoms with Crippen LogP contribution in [0.1, 0.15) is 13.8 Å². The molecule has 106 valence electrons. The van der Waals surface area contributed by atoms with Gasteiger partial charge in [0.15, 0.2) is 11.5 Å². The Morgan fingerprint density at radius 3 is 2.00 bits per heavy atom. The zero-order chi connectivity index (χ0) is 14.5. The van der Waals surface area contributed by atoms with Crippen molar-refractivity contribution >= 4 is 11.4 Å². The zero-order valence-corrected chi connectivity index (χ0v) is 11.8. The lowest BCUT2D eigenvalue weighted by Crippen LogP contribution is -2.03. The van der Waals surface area contributed by atoms with E-state index in [-0.39, 0.29) is 0 Å². The molecule has 4 N–H and O–H groups in total. The quantitative estimate of drug-likeness (QED) is 0.819. The van der Waals surface area contributed by atoms with E-state index in [1.807, 2.05) is 50.2 Å². The average molecular weight is 272 g/mol. The predicted octanol–water partition coefficient (Wildman–Crippen LogP) is 3.32. The van der Waals surface area contributed by atoms with E-state index in [0.29, 0.717) is 30.4 Å². The maximum atomic E-state index is 5.98. The molecule has 0 aromatic heterocycles. The molecule has 0 radical (unpaired) electrons. The van der Waals surface area contributed by atoms with Crippen molar-refractivity contribution in [3.8, 4) is 22.6 Å². The van der Waals surface area contributed by atoms with Crippen LogP contribution in [0.3, 0.4) is 0 Å². The highest BCUT2D eigenvalue weighted by atomic mass is 16.5. The van der Waals surface area contributed by atoms with Crippen molar-refractivity contribution in [1.82, 2.24) is 0 Å². The molecule has 0 heterocycles. The number of hydrogen-bond donors (Lipinski definition) is 2. The fraction of sp³-hybridized carbons (Fsp3) is 0.250. The number of nitrogens with two attached hydrogens (primary N) is 2. The topological polar surface area (TPSA) is 70.5 Å². The van der Waals surface area contributed by atoms with Crippen LogP contribution in [0.25, 0.3) is 11.1 Å². The summed E-state index contributed by atoms with van der Waals surface area (Å²) in [5.74, 6) is 1.28. The van der Waals surface area contributed by atoms with Crippen LogP contribution in [0.15, 0.2) is 36.4 Å². The van der Waals surface area contributed by atoms with Crippen LogP contribution in [0.2, 0.25) is 0 Å². The molecule has 2 aromatic carbocycles. The highest BCUT2D eigenvalue weighted by Gasteiger charge is 2.15. The van der Waals surface area contributed by atoms with Crippen molar-refractivity contribution in [1.29, 1.82) is 0 Å². The zero-order valence-electron chi connectivity index (χ0n) is 11.8. The second-order valence-electron chi connectivity index (χ2n) is 4.35. The molecule has 0 saturated heterocycles. The molecule has 0 bridgehead atoms. The Labute approximate surface area is 119 Å². The molecular formula is C16H20N2O2. The minimum atomic E-state index is 0.537. The fourth-order valence-corrected chi connectivity index (χ4v) is 2.05. The Bertz CT molecular complexity index is 580. The Balaban J connectivity index is 2.56. The first kappa shape index (κ1) is 14.1. The molecule has 0 saturated carbocycles. The molecular weight excluding hydrogens is 252 g/mol. The van der Waals surface area contributed by atoms with Gasteiger partial charge in [-0.05, 0) is 43.7 Å². The maximum Gasteiger partial charge on any atom is 0.184 e. The van der Waals surface area contributed by atoms with Crippen molar-refractivity contribution < 1.29 is 9.47 Å². The summed E-state index contributed by atoms with van der Waals surface area (Å²) in [5.41, 5.74) is 15.0. The van der Waals surface area contributed by atoms with E-state index in [2.05, 4.69) is 0 Å². The van der Waals surface area contributed by atoms with Gasteiger partial charge in [0, 0.05) is 11.3 Å². The minimum Gasteiger partial charge on any atom is -0.489 e. The van der Waals surface area contributed by atoms with E-state index in [0.717, 1.165) is 16.8 Å². The highest BCUT2D eigenvalue weighted by Crippen LogP contribution is 2.42. The molecule has 4 heteroatoms. The lowest BCUT2D eigenvalue weighted by molar-refractivity contribution is 0.290. The lowest BCUT2D eigenvalue weighted by atomic mass is 10.0. The minimum absolute atomic E-state index is 0.537. The van der Waals surface area contributed by atoms with Crippen molar-refractivity contribution in [2.24, 2.45) is 0 Å². The van der Waals surface area contributed by atoms with Crippen LogP contribution < -0.4 is 20.9 Å². The summed E-state index contributed by atoms with van der Waals surface area (Å²) in [7, 11) is 0. The first-order valence-corrected chi connectivity index (χ1v) is 6.71. The molecule has 2 rings (SSSR count). The van der Waals surface area contributed by atoms with E-state index >= 15 is 0 Å². The lowest BCUT2D eigenvalue weighted by Gasteiger charge is -2.17. The van der Waals surface area contributed by atoms with E-state index in [9.17, 15) is 0 Å². The highest BCUT2D eigenvalue weighted by molar-refractivity contribution is 5.79. The summed E-state index contributed by atoms with van der Waals surface area (Å²) in [6.07, 6.45) is 0. The number of anilines is 2. The third-order valence-electron chi connectivity index (χ3n) is 2.94. The Morgan fingerprint density at radius 1 is 0.800 bits per heavy atom. The molecule has 0 atom stereocenters. The van der Waals surface area contributed by atoms with Gasteiger partial charge in [-0.25, -0.2) is 0 Å². The first-order chi connectivity index (χ1) is 9.67. The monoisotopic (exact) mass is 272 g/mol. The first-order valence-electron chi connectivity index (χ1n) is 6.71. The van der Waals surface area contributed by atoms with Gasteiger partial charge in [-0.1, -0.05) is 12.1 Å².